The molecule has 0 aromatic rings. The standard InChI is InChI=1S/C11H17F3N2O4/c1-2-3-5-20-6-4-15-10(19)16(7-9(17)18)8-11(12,13)14/h2H,1,3-8H2,(H,15,19)(H,17,18). The van der Waals surface area contributed by atoms with Crippen LogP contribution in [0.25, 0.3) is 0 Å². The number of amides is 2. The molecule has 0 saturated carbocycles. The maximum Gasteiger partial charge on any atom is 0.406 e. The van der Waals surface area contributed by atoms with E-state index in [-0.39, 0.29) is 18.1 Å². The predicted molar refractivity (Wildman–Crippen MR) is 64.3 cm³/mol. The van der Waals surface area contributed by atoms with E-state index < -0.39 is 31.3 Å². The summed E-state index contributed by atoms with van der Waals surface area (Å²) < 4.78 is 41.6. The molecule has 9 heteroatoms. The molecule has 0 aliphatic carbocycles. The summed E-state index contributed by atoms with van der Waals surface area (Å²) in [5.41, 5.74) is 0. The van der Waals surface area contributed by atoms with Crippen molar-refractivity contribution in [3.8, 4) is 0 Å². The molecule has 0 aliphatic rings. The molecule has 0 aromatic heterocycles. The van der Waals surface area contributed by atoms with Crippen LogP contribution in [-0.2, 0) is 9.53 Å². The molecule has 0 bridgehead atoms. The maximum absolute atomic E-state index is 12.2. The molecule has 116 valence electrons. The van der Waals surface area contributed by atoms with Gasteiger partial charge in [-0.1, -0.05) is 6.08 Å². The van der Waals surface area contributed by atoms with Crippen LogP contribution in [0.1, 0.15) is 6.42 Å². The summed E-state index contributed by atoms with van der Waals surface area (Å²) in [5.74, 6) is -1.52. The summed E-state index contributed by atoms with van der Waals surface area (Å²) in [6.07, 6.45) is -2.41. The Morgan fingerprint density at radius 1 is 1.35 bits per heavy atom. The Hall–Kier alpha value is -1.77. The van der Waals surface area contributed by atoms with Gasteiger partial charge in [0, 0.05) is 6.54 Å². The van der Waals surface area contributed by atoms with Crippen LogP contribution in [0.3, 0.4) is 0 Å². The molecule has 0 spiro atoms. The lowest BCUT2D eigenvalue weighted by atomic mass is 10.4. The summed E-state index contributed by atoms with van der Waals surface area (Å²) in [4.78, 5) is 22.0. The van der Waals surface area contributed by atoms with Crippen molar-refractivity contribution < 1.29 is 32.6 Å². The summed E-state index contributed by atoms with van der Waals surface area (Å²) in [7, 11) is 0. The Morgan fingerprint density at radius 3 is 2.50 bits per heavy atom. The number of hydrogen-bond acceptors (Lipinski definition) is 3. The van der Waals surface area contributed by atoms with Crippen LogP contribution < -0.4 is 5.32 Å². The minimum absolute atomic E-state index is 0.00997. The normalized spacial score (nSPS) is 10.9. The van der Waals surface area contributed by atoms with Crippen LogP contribution in [0.15, 0.2) is 12.7 Å². The highest BCUT2D eigenvalue weighted by Crippen LogP contribution is 2.16. The van der Waals surface area contributed by atoms with Gasteiger partial charge in [-0.2, -0.15) is 13.2 Å². The van der Waals surface area contributed by atoms with E-state index in [2.05, 4.69) is 11.9 Å². The Labute approximate surface area is 114 Å². The molecule has 0 saturated heterocycles. The minimum atomic E-state index is -4.66. The first kappa shape index (κ1) is 18.2. The second-order valence-electron chi connectivity index (χ2n) is 3.79. The number of urea groups is 1. The van der Waals surface area contributed by atoms with Crippen molar-refractivity contribution in [2.45, 2.75) is 12.6 Å². The summed E-state index contributed by atoms with van der Waals surface area (Å²) >= 11 is 0. The van der Waals surface area contributed by atoms with Crippen molar-refractivity contribution in [2.24, 2.45) is 0 Å². The fraction of sp³-hybridized carbons (Fsp3) is 0.636. The number of rotatable bonds is 9. The topological polar surface area (TPSA) is 78.9 Å². The van der Waals surface area contributed by atoms with Crippen molar-refractivity contribution in [1.82, 2.24) is 10.2 Å². The number of ether oxygens (including phenoxy) is 1. The van der Waals surface area contributed by atoms with Crippen LogP contribution in [0.4, 0.5) is 18.0 Å². The zero-order chi connectivity index (χ0) is 15.6. The lowest BCUT2D eigenvalue weighted by Gasteiger charge is -2.22. The van der Waals surface area contributed by atoms with E-state index in [1.54, 1.807) is 6.08 Å². The van der Waals surface area contributed by atoms with Gasteiger partial charge < -0.3 is 20.1 Å². The van der Waals surface area contributed by atoms with Gasteiger partial charge in [-0.05, 0) is 6.42 Å². The van der Waals surface area contributed by atoms with Gasteiger partial charge in [0.2, 0.25) is 0 Å². The Bertz CT molecular complexity index is 334. The summed E-state index contributed by atoms with van der Waals surface area (Å²) in [6, 6.07) is -1.10. The maximum atomic E-state index is 12.2. The van der Waals surface area contributed by atoms with E-state index in [4.69, 9.17) is 9.84 Å². The lowest BCUT2D eigenvalue weighted by molar-refractivity contribution is -0.148. The summed E-state index contributed by atoms with van der Waals surface area (Å²) in [5, 5.41) is 10.6. The number of carbonyl (C=O) groups is 2. The van der Waals surface area contributed by atoms with Gasteiger partial charge in [0.15, 0.2) is 0 Å². The molecule has 6 nitrogen and oxygen atoms in total. The quantitative estimate of drug-likeness (QED) is 0.496. The van der Waals surface area contributed by atoms with Crippen LogP contribution in [-0.4, -0.2) is 61.0 Å². The number of aliphatic carboxylic acids is 1. The Kier molecular flexibility index (Phi) is 8.37. The molecule has 0 aliphatic heterocycles. The minimum Gasteiger partial charge on any atom is -0.480 e. The number of carbonyl (C=O) groups excluding carboxylic acids is 1. The van der Waals surface area contributed by atoms with Crippen molar-refractivity contribution in [3.05, 3.63) is 12.7 Å². The van der Waals surface area contributed by atoms with Crippen molar-refractivity contribution >= 4 is 12.0 Å². The molecular weight excluding hydrogens is 281 g/mol. The van der Waals surface area contributed by atoms with E-state index in [9.17, 15) is 22.8 Å². The Balaban J connectivity index is 4.13. The zero-order valence-corrected chi connectivity index (χ0v) is 10.8. The van der Waals surface area contributed by atoms with Gasteiger partial charge in [0.25, 0.3) is 0 Å². The van der Waals surface area contributed by atoms with Gasteiger partial charge in [0.1, 0.15) is 13.1 Å². The molecule has 0 atom stereocenters. The highest BCUT2D eigenvalue weighted by Gasteiger charge is 2.33. The average Bonchev–Trinajstić information content (AvgIpc) is 2.30. The smallest absolute Gasteiger partial charge is 0.406 e. The molecule has 0 rings (SSSR count). The third-order valence-electron chi connectivity index (χ3n) is 1.97. The number of alkyl halides is 3. The van der Waals surface area contributed by atoms with Crippen LogP contribution in [0, 0.1) is 0 Å². The molecule has 2 N–H and O–H groups in total. The first-order valence-electron chi connectivity index (χ1n) is 5.76. The predicted octanol–water partition coefficient (Wildman–Crippen LogP) is 1.24. The van der Waals surface area contributed by atoms with E-state index in [0.29, 0.717) is 13.0 Å². The van der Waals surface area contributed by atoms with E-state index in [1.165, 1.54) is 0 Å². The monoisotopic (exact) mass is 298 g/mol. The molecule has 20 heavy (non-hydrogen) atoms. The molecule has 0 fully saturated rings. The summed E-state index contributed by atoms with van der Waals surface area (Å²) in [6.45, 7) is 1.32. The van der Waals surface area contributed by atoms with Gasteiger partial charge in [-0.15, -0.1) is 6.58 Å². The SMILES string of the molecule is C=CCCOCCNC(=O)N(CC(=O)O)CC(F)(F)F. The molecule has 2 amide bonds. The van der Waals surface area contributed by atoms with E-state index >= 15 is 0 Å². The Morgan fingerprint density at radius 2 is 2.00 bits per heavy atom. The first-order chi connectivity index (χ1) is 9.26. The van der Waals surface area contributed by atoms with Gasteiger partial charge in [-0.3, -0.25) is 4.79 Å². The van der Waals surface area contributed by atoms with Crippen LogP contribution >= 0.6 is 0 Å². The van der Waals surface area contributed by atoms with E-state index in [0.717, 1.165) is 0 Å². The van der Waals surface area contributed by atoms with Crippen molar-refractivity contribution in [3.63, 3.8) is 0 Å². The van der Waals surface area contributed by atoms with Crippen molar-refractivity contribution in [1.29, 1.82) is 0 Å². The lowest BCUT2D eigenvalue weighted by Crippen LogP contribution is -2.47. The largest absolute Gasteiger partial charge is 0.480 e. The van der Waals surface area contributed by atoms with Crippen LogP contribution in [0.5, 0.6) is 0 Å². The zero-order valence-electron chi connectivity index (χ0n) is 10.8. The molecule has 0 radical (unpaired) electrons. The second-order valence-corrected chi connectivity index (χ2v) is 3.79. The molecule has 0 heterocycles. The number of carboxylic acid groups (broad SMARTS) is 1. The van der Waals surface area contributed by atoms with Crippen molar-refractivity contribution in [2.75, 3.05) is 32.8 Å². The third-order valence-corrected chi connectivity index (χ3v) is 1.97. The number of nitrogens with zero attached hydrogens (tertiary/aromatic N) is 1. The molecule has 0 unspecified atom stereocenters. The van der Waals surface area contributed by atoms with Crippen LogP contribution in [0.2, 0.25) is 0 Å². The molecule has 0 aromatic carbocycles. The van der Waals surface area contributed by atoms with Gasteiger partial charge in [0.05, 0.1) is 13.2 Å². The average molecular weight is 298 g/mol. The number of hydrogen-bond donors (Lipinski definition) is 2. The van der Waals surface area contributed by atoms with E-state index in [1.807, 2.05) is 0 Å². The number of carboxylic acids is 1. The highest BCUT2D eigenvalue weighted by atomic mass is 19.4. The fourth-order valence-electron chi connectivity index (χ4n) is 1.19. The third kappa shape index (κ3) is 10.2. The number of halogens is 3. The highest BCUT2D eigenvalue weighted by molar-refractivity contribution is 5.80. The fourth-order valence-corrected chi connectivity index (χ4v) is 1.19. The van der Waals surface area contributed by atoms with Gasteiger partial charge >= 0.3 is 18.2 Å². The van der Waals surface area contributed by atoms with Gasteiger partial charge in [-0.25, -0.2) is 4.79 Å². The molecular formula is C11H17F3N2O4. The first-order valence-corrected chi connectivity index (χ1v) is 5.76. The second kappa shape index (κ2) is 9.18. The number of nitrogens with one attached hydrogen (secondary N) is 1.